The van der Waals surface area contributed by atoms with E-state index in [1.807, 2.05) is 39.1 Å². The molecule has 0 aromatic carbocycles. The van der Waals surface area contributed by atoms with Crippen LogP contribution in [0.5, 0.6) is 0 Å². The molecular formula is C19H19Cl2N5O2. The van der Waals surface area contributed by atoms with Crippen LogP contribution in [0.1, 0.15) is 32.3 Å². The number of pyridine rings is 1. The Labute approximate surface area is 172 Å². The van der Waals surface area contributed by atoms with E-state index in [0.717, 1.165) is 16.6 Å². The fourth-order valence-corrected chi connectivity index (χ4v) is 3.45. The number of carbonyl (C=O) groups excluding carboxylic acids is 1. The van der Waals surface area contributed by atoms with Crippen molar-refractivity contribution in [2.75, 3.05) is 13.1 Å². The van der Waals surface area contributed by atoms with Crippen LogP contribution >= 0.6 is 23.2 Å². The number of fused-ring (bicyclic) bond motifs is 1. The van der Waals surface area contributed by atoms with Gasteiger partial charge in [0, 0.05) is 30.8 Å². The summed E-state index contributed by atoms with van der Waals surface area (Å²) in [4.78, 5) is 21.9. The van der Waals surface area contributed by atoms with Crippen LogP contribution in [0.15, 0.2) is 30.7 Å². The molecule has 1 aliphatic rings. The zero-order chi connectivity index (χ0) is 20.1. The summed E-state index contributed by atoms with van der Waals surface area (Å²) in [5, 5.41) is 4.96. The van der Waals surface area contributed by atoms with Gasteiger partial charge in [-0.1, -0.05) is 17.7 Å². The predicted molar refractivity (Wildman–Crippen MR) is 107 cm³/mol. The summed E-state index contributed by atoms with van der Waals surface area (Å²) in [6.07, 6.45) is 4.87. The average Bonchev–Trinajstić information content (AvgIpc) is 2.97. The van der Waals surface area contributed by atoms with Crippen molar-refractivity contribution < 1.29 is 9.53 Å². The van der Waals surface area contributed by atoms with Gasteiger partial charge in [-0.3, -0.25) is 0 Å². The SMILES string of the molecule is CC(C)(C)OC(=O)N1CC(c2ccc3c(-c4nc(Cl)ncc4Cl)cnn3c2)C1. The molecule has 0 bridgehead atoms. The standard InChI is InChI=1S/C19H19Cl2N5O2/c1-19(2,3)28-18(27)25-8-12(9-25)11-4-5-15-13(6-23-26(15)10-11)16-14(20)7-22-17(21)24-16/h4-7,10,12H,8-9H2,1-3H3. The van der Waals surface area contributed by atoms with Crippen LogP contribution in [0.4, 0.5) is 4.79 Å². The Balaban J connectivity index is 1.53. The third-order valence-corrected chi connectivity index (χ3v) is 4.97. The van der Waals surface area contributed by atoms with Crippen molar-refractivity contribution in [3.63, 3.8) is 0 Å². The normalized spacial score (nSPS) is 15.0. The largest absolute Gasteiger partial charge is 0.444 e. The minimum atomic E-state index is -0.488. The van der Waals surface area contributed by atoms with Gasteiger partial charge in [0.15, 0.2) is 0 Å². The van der Waals surface area contributed by atoms with Gasteiger partial charge < -0.3 is 9.64 Å². The van der Waals surface area contributed by atoms with Gasteiger partial charge in [-0.2, -0.15) is 5.10 Å². The van der Waals surface area contributed by atoms with Gasteiger partial charge in [0.25, 0.3) is 0 Å². The molecule has 3 aromatic rings. The van der Waals surface area contributed by atoms with Crippen molar-refractivity contribution in [1.29, 1.82) is 0 Å². The highest BCUT2D eigenvalue weighted by molar-refractivity contribution is 6.33. The van der Waals surface area contributed by atoms with Crippen LogP contribution in [0, 0.1) is 0 Å². The Kier molecular flexibility index (Phi) is 4.67. The molecule has 146 valence electrons. The quantitative estimate of drug-likeness (QED) is 0.574. The van der Waals surface area contributed by atoms with E-state index in [9.17, 15) is 4.79 Å². The molecule has 28 heavy (non-hydrogen) atoms. The number of ether oxygens (including phenoxy) is 1. The zero-order valence-electron chi connectivity index (χ0n) is 15.7. The monoisotopic (exact) mass is 419 g/mol. The molecule has 0 unspecified atom stereocenters. The van der Waals surface area contributed by atoms with E-state index >= 15 is 0 Å². The maximum absolute atomic E-state index is 12.1. The summed E-state index contributed by atoms with van der Waals surface area (Å²) < 4.78 is 7.19. The minimum absolute atomic E-state index is 0.132. The van der Waals surface area contributed by atoms with Crippen molar-refractivity contribution in [2.24, 2.45) is 0 Å². The molecule has 0 spiro atoms. The molecule has 0 atom stereocenters. The highest BCUT2D eigenvalue weighted by atomic mass is 35.5. The number of hydrogen-bond acceptors (Lipinski definition) is 5. The third kappa shape index (κ3) is 3.64. The third-order valence-electron chi connectivity index (χ3n) is 4.51. The lowest BCUT2D eigenvalue weighted by Crippen LogP contribution is -2.50. The van der Waals surface area contributed by atoms with E-state index < -0.39 is 5.60 Å². The molecule has 0 radical (unpaired) electrons. The Bertz CT molecular complexity index is 1050. The number of halogens is 2. The fraction of sp³-hybridized carbons (Fsp3) is 0.368. The Morgan fingerprint density at radius 3 is 2.68 bits per heavy atom. The Morgan fingerprint density at radius 1 is 1.21 bits per heavy atom. The zero-order valence-corrected chi connectivity index (χ0v) is 17.2. The highest BCUT2D eigenvalue weighted by Crippen LogP contribution is 2.32. The number of carbonyl (C=O) groups is 1. The van der Waals surface area contributed by atoms with Crippen molar-refractivity contribution >= 4 is 34.8 Å². The van der Waals surface area contributed by atoms with Gasteiger partial charge in [-0.25, -0.2) is 19.3 Å². The van der Waals surface area contributed by atoms with Crippen molar-refractivity contribution in [1.82, 2.24) is 24.5 Å². The Hall–Kier alpha value is -2.38. The number of hydrogen-bond donors (Lipinski definition) is 0. The summed E-state index contributed by atoms with van der Waals surface area (Å²) in [5.74, 6) is 0.252. The molecule has 3 aromatic heterocycles. The lowest BCUT2D eigenvalue weighted by Gasteiger charge is -2.40. The molecule has 1 saturated heterocycles. The lowest BCUT2D eigenvalue weighted by molar-refractivity contribution is 0.00816. The molecule has 7 nitrogen and oxygen atoms in total. The van der Waals surface area contributed by atoms with Gasteiger partial charge in [0.2, 0.25) is 5.28 Å². The van der Waals surface area contributed by atoms with Gasteiger partial charge in [-0.05, 0) is 44.0 Å². The molecule has 9 heteroatoms. The first-order chi connectivity index (χ1) is 13.2. The Morgan fingerprint density at radius 2 is 1.96 bits per heavy atom. The molecule has 1 aliphatic heterocycles. The highest BCUT2D eigenvalue weighted by Gasteiger charge is 2.34. The van der Waals surface area contributed by atoms with Crippen LogP contribution in [-0.2, 0) is 4.74 Å². The number of nitrogens with zero attached hydrogens (tertiary/aromatic N) is 5. The molecule has 0 saturated carbocycles. The van der Waals surface area contributed by atoms with Gasteiger partial charge in [0.1, 0.15) is 5.60 Å². The molecule has 1 amide bonds. The van der Waals surface area contributed by atoms with Gasteiger partial charge >= 0.3 is 6.09 Å². The minimum Gasteiger partial charge on any atom is -0.444 e. The van der Waals surface area contributed by atoms with Crippen LogP contribution in [0.25, 0.3) is 16.8 Å². The average molecular weight is 420 g/mol. The van der Waals surface area contributed by atoms with Crippen molar-refractivity contribution in [2.45, 2.75) is 32.3 Å². The topological polar surface area (TPSA) is 72.6 Å². The van der Waals surface area contributed by atoms with E-state index in [2.05, 4.69) is 15.1 Å². The van der Waals surface area contributed by atoms with Crippen LogP contribution in [-0.4, -0.2) is 49.3 Å². The first-order valence-electron chi connectivity index (χ1n) is 8.85. The van der Waals surface area contributed by atoms with Gasteiger partial charge in [0.05, 0.1) is 28.6 Å². The lowest BCUT2D eigenvalue weighted by atomic mass is 9.93. The van der Waals surface area contributed by atoms with E-state index in [0.29, 0.717) is 23.8 Å². The van der Waals surface area contributed by atoms with Crippen molar-refractivity contribution in [3.05, 3.63) is 46.6 Å². The number of rotatable bonds is 2. The molecule has 4 heterocycles. The maximum Gasteiger partial charge on any atom is 0.410 e. The van der Waals surface area contributed by atoms with E-state index in [1.165, 1.54) is 6.20 Å². The number of amides is 1. The second-order valence-corrected chi connectivity index (χ2v) is 8.51. The molecule has 1 fully saturated rings. The second-order valence-electron chi connectivity index (χ2n) is 7.77. The summed E-state index contributed by atoms with van der Waals surface area (Å²) in [6, 6.07) is 4.01. The van der Waals surface area contributed by atoms with Crippen LogP contribution < -0.4 is 0 Å². The number of likely N-dealkylation sites (tertiary alicyclic amines) is 1. The molecule has 0 N–H and O–H groups in total. The second kappa shape index (κ2) is 6.90. The first-order valence-corrected chi connectivity index (χ1v) is 9.60. The molecule has 0 aliphatic carbocycles. The van der Waals surface area contributed by atoms with E-state index in [1.54, 1.807) is 15.6 Å². The van der Waals surface area contributed by atoms with E-state index in [-0.39, 0.29) is 17.3 Å². The predicted octanol–water partition coefficient (Wildman–Crippen LogP) is 4.43. The molecular weight excluding hydrogens is 401 g/mol. The summed E-state index contributed by atoms with van der Waals surface area (Å²) in [5.41, 5.74) is 2.81. The molecule has 4 rings (SSSR count). The first kappa shape index (κ1) is 19.0. The van der Waals surface area contributed by atoms with Gasteiger partial charge in [-0.15, -0.1) is 0 Å². The summed E-state index contributed by atoms with van der Waals surface area (Å²) in [6.45, 7) is 6.84. The van der Waals surface area contributed by atoms with E-state index in [4.69, 9.17) is 27.9 Å². The summed E-state index contributed by atoms with van der Waals surface area (Å²) in [7, 11) is 0. The van der Waals surface area contributed by atoms with Crippen LogP contribution in [0.3, 0.4) is 0 Å². The maximum atomic E-state index is 12.1. The fourth-order valence-electron chi connectivity index (χ4n) is 3.12. The van der Waals surface area contributed by atoms with Crippen LogP contribution in [0.2, 0.25) is 10.3 Å². The smallest absolute Gasteiger partial charge is 0.410 e. The number of aromatic nitrogens is 4. The van der Waals surface area contributed by atoms with Crippen molar-refractivity contribution in [3.8, 4) is 11.3 Å². The summed E-state index contributed by atoms with van der Waals surface area (Å²) >= 11 is 12.1.